The highest BCUT2D eigenvalue weighted by Gasteiger charge is 2.34. The van der Waals surface area contributed by atoms with E-state index in [1.54, 1.807) is 0 Å². The summed E-state index contributed by atoms with van der Waals surface area (Å²) in [4.78, 5) is 28.4. The van der Waals surface area contributed by atoms with Gasteiger partial charge in [-0.05, 0) is 43.9 Å². The third-order valence-corrected chi connectivity index (χ3v) is 4.98. The number of urea groups is 1. The Kier molecular flexibility index (Phi) is 5.29. The second-order valence-electron chi connectivity index (χ2n) is 6.66. The number of nitrogens with one attached hydrogen (secondary N) is 1. The second kappa shape index (κ2) is 7.43. The minimum absolute atomic E-state index is 0.0711. The van der Waals surface area contributed by atoms with Gasteiger partial charge in [-0.15, -0.1) is 0 Å². The molecule has 2 fully saturated rings. The number of carbonyl (C=O) groups is 2. The second-order valence-corrected chi connectivity index (χ2v) is 7.10. The van der Waals surface area contributed by atoms with Crippen LogP contribution in [0.2, 0.25) is 5.02 Å². The summed E-state index contributed by atoms with van der Waals surface area (Å²) in [6.07, 6.45) is 2.89. The lowest BCUT2D eigenvalue weighted by atomic mass is 10.1. The van der Waals surface area contributed by atoms with Gasteiger partial charge < -0.3 is 15.1 Å². The van der Waals surface area contributed by atoms with Gasteiger partial charge in [-0.3, -0.25) is 4.79 Å². The smallest absolute Gasteiger partial charge is 0.317 e. The molecule has 1 N–H and O–H groups in total. The Labute approximate surface area is 147 Å². The summed E-state index contributed by atoms with van der Waals surface area (Å²) < 4.78 is 0. The molecular weight excluding hydrogens is 326 g/mol. The van der Waals surface area contributed by atoms with Gasteiger partial charge in [0.25, 0.3) is 0 Å². The summed E-state index contributed by atoms with van der Waals surface area (Å²) in [7, 11) is 0. The van der Waals surface area contributed by atoms with Crippen LogP contribution in [-0.4, -0.2) is 47.9 Å². The van der Waals surface area contributed by atoms with Crippen molar-refractivity contribution in [2.75, 3.05) is 26.2 Å². The van der Waals surface area contributed by atoms with E-state index in [-0.39, 0.29) is 23.9 Å². The number of hydrogen-bond acceptors (Lipinski definition) is 2. The van der Waals surface area contributed by atoms with Crippen LogP contribution in [0.15, 0.2) is 24.3 Å². The third kappa shape index (κ3) is 4.20. The van der Waals surface area contributed by atoms with E-state index < -0.39 is 0 Å². The van der Waals surface area contributed by atoms with Gasteiger partial charge in [-0.1, -0.05) is 23.7 Å². The molecule has 1 aliphatic heterocycles. The quantitative estimate of drug-likeness (QED) is 0.911. The first kappa shape index (κ1) is 17.1. The molecule has 0 radical (unpaired) electrons. The summed E-state index contributed by atoms with van der Waals surface area (Å²) in [6.45, 7) is 4.64. The molecule has 1 unspecified atom stereocenters. The zero-order chi connectivity index (χ0) is 17.1. The minimum Gasteiger partial charge on any atom is -0.341 e. The summed E-state index contributed by atoms with van der Waals surface area (Å²) in [6, 6.07) is 7.34. The van der Waals surface area contributed by atoms with Gasteiger partial charge in [0.2, 0.25) is 5.91 Å². The largest absolute Gasteiger partial charge is 0.341 e. The fourth-order valence-corrected chi connectivity index (χ4v) is 3.17. The number of benzene rings is 1. The number of rotatable bonds is 3. The molecule has 2 aliphatic rings. The zero-order valence-corrected chi connectivity index (χ0v) is 14.8. The van der Waals surface area contributed by atoms with Gasteiger partial charge in [-0.2, -0.15) is 0 Å². The van der Waals surface area contributed by atoms with Gasteiger partial charge in [0, 0.05) is 37.1 Å². The first-order valence-corrected chi connectivity index (χ1v) is 9.02. The van der Waals surface area contributed by atoms with Gasteiger partial charge in [0.05, 0.1) is 6.04 Å². The van der Waals surface area contributed by atoms with E-state index in [1.807, 2.05) is 41.0 Å². The highest BCUT2D eigenvalue weighted by Crippen LogP contribution is 2.31. The fourth-order valence-electron chi connectivity index (χ4n) is 3.04. The summed E-state index contributed by atoms with van der Waals surface area (Å²) in [5.41, 5.74) is 1.02. The van der Waals surface area contributed by atoms with Crippen molar-refractivity contribution < 1.29 is 9.59 Å². The molecule has 0 spiro atoms. The zero-order valence-electron chi connectivity index (χ0n) is 14.0. The van der Waals surface area contributed by atoms with E-state index in [9.17, 15) is 9.59 Å². The molecular formula is C18H24ClN3O2. The van der Waals surface area contributed by atoms with Crippen molar-refractivity contribution in [3.63, 3.8) is 0 Å². The van der Waals surface area contributed by atoms with Crippen LogP contribution >= 0.6 is 11.6 Å². The molecule has 1 heterocycles. The third-order valence-electron chi connectivity index (χ3n) is 4.73. The lowest BCUT2D eigenvalue weighted by Gasteiger charge is -2.24. The molecule has 1 saturated heterocycles. The van der Waals surface area contributed by atoms with E-state index in [1.165, 1.54) is 0 Å². The monoisotopic (exact) mass is 349 g/mol. The maximum atomic E-state index is 12.5. The highest BCUT2D eigenvalue weighted by molar-refractivity contribution is 6.30. The maximum absolute atomic E-state index is 12.5. The predicted molar refractivity (Wildman–Crippen MR) is 93.9 cm³/mol. The molecule has 0 bridgehead atoms. The Balaban J connectivity index is 1.53. The number of nitrogens with zero attached hydrogens (tertiary/aromatic N) is 2. The molecule has 1 aromatic rings. The Morgan fingerprint density at radius 3 is 2.38 bits per heavy atom. The van der Waals surface area contributed by atoms with Crippen molar-refractivity contribution in [2.24, 2.45) is 5.92 Å². The molecule has 6 heteroatoms. The molecule has 1 atom stereocenters. The molecule has 3 rings (SSSR count). The maximum Gasteiger partial charge on any atom is 0.317 e. The molecule has 1 saturated carbocycles. The molecule has 0 aromatic heterocycles. The standard InChI is InChI=1S/C18H24ClN3O2/c1-13(14-5-7-16(19)8-6-14)20-18(24)22-10-2-9-21(11-12-22)17(23)15-3-4-15/h5-8,13,15H,2-4,9-12H2,1H3,(H,20,24). The molecule has 1 aliphatic carbocycles. The first-order chi connectivity index (χ1) is 11.5. The van der Waals surface area contributed by atoms with Gasteiger partial charge >= 0.3 is 6.03 Å². The lowest BCUT2D eigenvalue weighted by Crippen LogP contribution is -2.43. The fraction of sp³-hybridized carbons (Fsp3) is 0.556. The number of carbonyl (C=O) groups excluding carboxylic acids is 2. The summed E-state index contributed by atoms with van der Waals surface area (Å²) in [5.74, 6) is 0.516. The van der Waals surface area contributed by atoms with Crippen LogP contribution in [0.1, 0.15) is 37.8 Å². The van der Waals surface area contributed by atoms with Crippen LogP contribution in [0.5, 0.6) is 0 Å². The number of halogens is 1. The minimum atomic E-state index is -0.0813. The predicted octanol–water partition coefficient (Wildman–Crippen LogP) is 3.05. The average molecular weight is 350 g/mol. The van der Waals surface area contributed by atoms with Crippen molar-refractivity contribution >= 4 is 23.5 Å². The Morgan fingerprint density at radius 1 is 1.08 bits per heavy atom. The molecule has 130 valence electrons. The van der Waals surface area contributed by atoms with E-state index in [0.29, 0.717) is 24.7 Å². The number of amides is 3. The summed E-state index contributed by atoms with van der Waals surface area (Å²) in [5, 5.41) is 3.72. The van der Waals surface area contributed by atoms with E-state index in [2.05, 4.69) is 5.32 Å². The van der Waals surface area contributed by atoms with Crippen molar-refractivity contribution in [2.45, 2.75) is 32.2 Å². The van der Waals surface area contributed by atoms with E-state index in [0.717, 1.165) is 31.4 Å². The van der Waals surface area contributed by atoms with Gasteiger partial charge in [0.15, 0.2) is 0 Å². The van der Waals surface area contributed by atoms with Crippen LogP contribution in [0, 0.1) is 5.92 Å². The van der Waals surface area contributed by atoms with E-state index >= 15 is 0 Å². The Hall–Kier alpha value is -1.75. The van der Waals surface area contributed by atoms with Gasteiger partial charge in [-0.25, -0.2) is 4.79 Å². The van der Waals surface area contributed by atoms with Crippen LogP contribution < -0.4 is 5.32 Å². The Bertz CT molecular complexity index is 601. The van der Waals surface area contributed by atoms with Gasteiger partial charge in [0.1, 0.15) is 0 Å². The Morgan fingerprint density at radius 2 is 1.71 bits per heavy atom. The SMILES string of the molecule is CC(NC(=O)N1CCCN(C(=O)C2CC2)CC1)c1ccc(Cl)cc1. The van der Waals surface area contributed by atoms with Crippen LogP contribution in [0.25, 0.3) is 0 Å². The topological polar surface area (TPSA) is 52.7 Å². The average Bonchev–Trinajstić information content (AvgIpc) is 3.41. The molecule has 3 amide bonds. The number of hydrogen-bond donors (Lipinski definition) is 1. The normalized spacial score (nSPS) is 19.6. The van der Waals surface area contributed by atoms with Crippen molar-refractivity contribution in [1.29, 1.82) is 0 Å². The van der Waals surface area contributed by atoms with Crippen LogP contribution in [0.3, 0.4) is 0 Å². The summed E-state index contributed by atoms with van der Waals surface area (Å²) >= 11 is 5.90. The van der Waals surface area contributed by atoms with Crippen molar-refractivity contribution in [3.05, 3.63) is 34.9 Å². The molecule has 24 heavy (non-hydrogen) atoms. The molecule has 1 aromatic carbocycles. The van der Waals surface area contributed by atoms with E-state index in [4.69, 9.17) is 11.6 Å². The highest BCUT2D eigenvalue weighted by atomic mass is 35.5. The van der Waals surface area contributed by atoms with Crippen LogP contribution in [-0.2, 0) is 4.79 Å². The van der Waals surface area contributed by atoms with Crippen molar-refractivity contribution in [3.8, 4) is 0 Å². The molecule has 5 nitrogen and oxygen atoms in total. The first-order valence-electron chi connectivity index (χ1n) is 8.64. The van der Waals surface area contributed by atoms with Crippen molar-refractivity contribution in [1.82, 2.24) is 15.1 Å². The lowest BCUT2D eigenvalue weighted by molar-refractivity contribution is -0.132. The van der Waals surface area contributed by atoms with Crippen LogP contribution in [0.4, 0.5) is 4.79 Å².